The van der Waals surface area contributed by atoms with Gasteiger partial charge < -0.3 is 14.2 Å². The van der Waals surface area contributed by atoms with Crippen molar-refractivity contribution < 1.29 is 23.8 Å². The Hall–Kier alpha value is -3.28. The number of hydrogen-bond acceptors (Lipinski definition) is 5. The summed E-state index contributed by atoms with van der Waals surface area (Å²) in [5, 5.41) is 2.43. The van der Waals surface area contributed by atoms with Crippen molar-refractivity contribution in [2.45, 2.75) is 13.0 Å². The number of rotatable bonds is 7. The molecule has 1 amide bonds. The number of alkyl carbamates (subject to hydrolysis) is 1. The van der Waals surface area contributed by atoms with Crippen LogP contribution in [0.4, 0.5) is 4.79 Å². The lowest BCUT2D eigenvalue weighted by molar-refractivity contribution is -0.136. The molecule has 26 heavy (non-hydrogen) atoms. The first-order valence-electron chi connectivity index (χ1n) is 8.01. The van der Waals surface area contributed by atoms with Gasteiger partial charge in [0.05, 0.1) is 14.2 Å². The lowest BCUT2D eigenvalue weighted by Gasteiger charge is -2.09. The fraction of sp³-hybridized carbons (Fsp3) is 0.200. The van der Waals surface area contributed by atoms with Gasteiger partial charge in [-0.2, -0.15) is 0 Å². The molecule has 6 nitrogen and oxygen atoms in total. The van der Waals surface area contributed by atoms with E-state index >= 15 is 0 Å². The zero-order chi connectivity index (χ0) is 18.8. The van der Waals surface area contributed by atoms with Crippen molar-refractivity contribution in [1.82, 2.24) is 5.32 Å². The predicted octanol–water partition coefficient (Wildman–Crippen LogP) is 3.22. The normalized spacial score (nSPS) is 10.8. The molecule has 0 fully saturated rings. The number of allylic oxidation sites excluding steroid dienone is 1. The molecule has 0 unspecified atom stereocenters. The van der Waals surface area contributed by atoms with Crippen LogP contribution >= 0.6 is 0 Å². The highest BCUT2D eigenvalue weighted by atomic mass is 16.6. The minimum atomic E-state index is -0.726. The van der Waals surface area contributed by atoms with Crippen molar-refractivity contribution in [2.24, 2.45) is 0 Å². The highest BCUT2D eigenvalue weighted by Crippen LogP contribution is 2.14. The highest BCUT2D eigenvalue weighted by molar-refractivity contribution is 5.92. The van der Waals surface area contributed by atoms with Crippen LogP contribution in [0.2, 0.25) is 0 Å². The summed E-state index contributed by atoms with van der Waals surface area (Å²) in [6, 6.07) is 16.7. The Bertz CT molecular complexity index is 771. The molecule has 0 aliphatic rings. The molecule has 0 aromatic heterocycles. The maximum atomic E-state index is 12.0. The van der Waals surface area contributed by atoms with E-state index in [9.17, 15) is 9.59 Å². The maximum absolute atomic E-state index is 12.0. The molecular formula is C20H21NO5. The van der Waals surface area contributed by atoms with Crippen LogP contribution in [0, 0.1) is 0 Å². The molecule has 0 heterocycles. The van der Waals surface area contributed by atoms with Crippen molar-refractivity contribution in [1.29, 1.82) is 0 Å². The second kappa shape index (κ2) is 9.88. The van der Waals surface area contributed by atoms with E-state index in [4.69, 9.17) is 14.2 Å². The molecule has 136 valence electrons. The monoisotopic (exact) mass is 355 g/mol. The van der Waals surface area contributed by atoms with E-state index in [0.29, 0.717) is 12.2 Å². The van der Waals surface area contributed by atoms with Crippen LogP contribution in [-0.2, 0) is 27.3 Å². The Labute approximate surface area is 152 Å². The van der Waals surface area contributed by atoms with Crippen molar-refractivity contribution >= 4 is 12.1 Å². The minimum absolute atomic E-state index is 0.0216. The Morgan fingerprint density at radius 2 is 1.73 bits per heavy atom. The zero-order valence-corrected chi connectivity index (χ0v) is 14.7. The van der Waals surface area contributed by atoms with Crippen molar-refractivity contribution in [3.05, 3.63) is 77.5 Å². The third-order valence-electron chi connectivity index (χ3n) is 3.53. The van der Waals surface area contributed by atoms with Gasteiger partial charge in [0.2, 0.25) is 0 Å². The van der Waals surface area contributed by atoms with Gasteiger partial charge in [0.15, 0.2) is 0 Å². The van der Waals surface area contributed by atoms with E-state index < -0.39 is 12.1 Å². The maximum Gasteiger partial charge on any atom is 0.412 e. The van der Waals surface area contributed by atoms with E-state index in [0.717, 1.165) is 11.1 Å². The third kappa shape index (κ3) is 5.98. The molecule has 0 bridgehead atoms. The highest BCUT2D eigenvalue weighted by Gasteiger charge is 2.14. The third-order valence-corrected chi connectivity index (χ3v) is 3.53. The molecule has 0 saturated heterocycles. The lowest BCUT2D eigenvalue weighted by atomic mass is 10.1. The molecule has 2 aromatic rings. The molecule has 2 aromatic carbocycles. The number of benzene rings is 2. The molecule has 0 aliphatic carbocycles. The second-order valence-electron chi connectivity index (χ2n) is 5.35. The van der Waals surface area contributed by atoms with Gasteiger partial charge in [-0.05, 0) is 35.8 Å². The number of ether oxygens (including phenoxy) is 3. The molecule has 0 saturated carbocycles. The molecule has 0 atom stereocenters. The summed E-state index contributed by atoms with van der Waals surface area (Å²) in [7, 11) is 2.83. The Morgan fingerprint density at radius 3 is 2.42 bits per heavy atom. The number of hydrogen-bond donors (Lipinski definition) is 1. The molecule has 6 heteroatoms. The Morgan fingerprint density at radius 1 is 1.00 bits per heavy atom. The Kier molecular flexibility index (Phi) is 7.24. The van der Waals surface area contributed by atoms with Crippen LogP contribution in [0.15, 0.2) is 66.4 Å². The molecule has 0 spiro atoms. The van der Waals surface area contributed by atoms with E-state index in [1.54, 1.807) is 13.2 Å². The van der Waals surface area contributed by atoms with Gasteiger partial charge in [-0.25, -0.2) is 9.59 Å². The number of amides is 1. The summed E-state index contributed by atoms with van der Waals surface area (Å²) in [6.07, 6.45) is 1.27. The summed E-state index contributed by atoms with van der Waals surface area (Å²) < 4.78 is 15.0. The van der Waals surface area contributed by atoms with Gasteiger partial charge >= 0.3 is 12.1 Å². The molecule has 2 rings (SSSR count). The largest absolute Gasteiger partial charge is 0.497 e. The first kappa shape index (κ1) is 19.1. The van der Waals surface area contributed by atoms with Crippen LogP contribution in [0.1, 0.15) is 11.1 Å². The van der Waals surface area contributed by atoms with Crippen molar-refractivity contribution in [3.63, 3.8) is 0 Å². The van der Waals surface area contributed by atoms with Gasteiger partial charge in [0.1, 0.15) is 18.1 Å². The van der Waals surface area contributed by atoms with Gasteiger partial charge in [-0.3, -0.25) is 5.32 Å². The molecule has 0 aliphatic heterocycles. The number of nitrogens with one attached hydrogen (secondary N) is 1. The van der Waals surface area contributed by atoms with Gasteiger partial charge in [-0.15, -0.1) is 0 Å². The van der Waals surface area contributed by atoms with E-state index in [2.05, 4.69) is 5.32 Å². The van der Waals surface area contributed by atoms with Crippen molar-refractivity contribution in [2.75, 3.05) is 14.2 Å². The quantitative estimate of drug-likeness (QED) is 0.610. The average Bonchev–Trinajstić information content (AvgIpc) is 2.69. The fourth-order valence-electron chi connectivity index (χ4n) is 2.18. The number of esters is 1. The summed E-state index contributed by atoms with van der Waals surface area (Å²) in [6.45, 7) is 0.108. The summed E-state index contributed by atoms with van der Waals surface area (Å²) in [5.41, 5.74) is 1.79. The number of methoxy groups -OCH3 is 2. The van der Waals surface area contributed by atoms with Crippen molar-refractivity contribution in [3.8, 4) is 5.75 Å². The summed E-state index contributed by atoms with van der Waals surface area (Å²) in [4.78, 5) is 23.8. The van der Waals surface area contributed by atoms with E-state index in [1.165, 1.54) is 7.11 Å². The standard InChI is InChI=1S/C20H21NO5/c1-24-17-10-6-9-15(13-17)11-12-18(19(22)25-2)21-20(23)26-14-16-7-4-3-5-8-16/h3-10,12-13H,11,14H2,1-2H3,(H,21,23)/b18-12+. The summed E-state index contributed by atoms with van der Waals surface area (Å²) in [5.74, 6) is 0.0651. The zero-order valence-electron chi connectivity index (χ0n) is 14.7. The SMILES string of the molecule is COC(=O)/C(=C\Cc1cccc(OC)c1)NC(=O)OCc1ccccc1. The van der Waals surface area contributed by atoms with Crippen LogP contribution in [0.25, 0.3) is 0 Å². The minimum Gasteiger partial charge on any atom is -0.497 e. The molecule has 1 N–H and O–H groups in total. The Balaban J connectivity index is 1.99. The van der Waals surface area contributed by atoms with Crippen LogP contribution in [0.5, 0.6) is 5.75 Å². The first-order chi connectivity index (χ1) is 12.6. The molecule has 0 radical (unpaired) electrons. The molecular weight excluding hydrogens is 334 g/mol. The van der Waals surface area contributed by atoms with E-state index in [-0.39, 0.29) is 12.3 Å². The topological polar surface area (TPSA) is 73.9 Å². The van der Waals surface area contributed by atoms with Gasteiger partial charge in [0, 0.05) is 0 Å². The first-order valence-corrected chi connectivity index (χ1v) is 8.01. The van der Waals surface area contributed by atoms with Crippen LogP contribution in [-0.4, -0.2) is 26.3 Å². The fourth-order valence-corrected chi connectivity index (χ4v) is 2.18. The van der Waals surface area contributed by atoms with Gasteiger partial charge in [0.25, 0.3) is 0 Å². The van der Waals surface area contributed by atoms with Gasteiger partial charge in [-0.1, -0.05) is 42.5 Å². The van der Waals surface area contributed by atoms with Crippen LogP contribution < -0.4 is 10.1 Å². The second-order valence-corrected chi connectivity index (χ2v) is 5.35. The number of carbonyl (C=O) groups excluding carboxylic acids is 2. The number of carbonyl (C=O) groups is 2. The average molecular weight is 355 g/mol. The van der Waals surface area contributed by atoms with E-state index in [1.807, 2.05) is 54.6 Å². The smallest absolute Gasteiger partial charge is 0.412 e. The predicted molar refractivity (Wildman–Crippen MR) is 96.6 cm³/mol. The van der Waals surface area contributed by atoms with Crippen LogP contribution in [0.3, 0.4) is 0 Å². The summed E-state index contributed by atoms with van der Waals surface area (Å²) >= 11 is 0. The lowest BCUT2D eigenvalue weighted by Crippen LogP contribution is -2.28.